The number of rotatable bonds is 3. The van der Waals surface area contributed by atoms with Crippen LogP contribution >= 0.6 is 23.5 Å². The van der Waals surface area contributed by atoms with Crippen molar-refractivity contribution < 1.29 is 4.79 Å². The van der Waals surface area contributed by atoms with E-state index in [1.165, 1.54) is 0 Å². The van der Waals surface area contributed by atoms with Crippen LogP contribution in [0.4, 0.5) is 0 Å². The highest BCUT2D eigenvalue weighted by molar-refractivity contribution is 8.38. The molecule has 82 valence electrons. The molecule has 0 saturated carbocycles. The van der Waals surface area contributed by atoms with Crippen LogP contribution in [0.5, 0.6) is 0 Å². The van der Waals surface area contributed by atoms with E-state index in [0.717, 1.165) is 4.38 Å². The summed E-state index contributed by atoms with van der Waals surface area (Å²) in [6.45, 7) is 6.20. The predicted octanol–water partition coefficient (Wildman–Crippen LogP) is 1.98. The number of likely N-dealkylation sites (N-methyl/N-ethyl adjacent to an activating group) is 1. The van der Waals surface area contributed by atoms with Gasteiger partial charge < -0.3 is 5.32 Å². The van der Waals surface area contributed by atoms with Gasteiger partial charge in [0.2, 0.25) is 5.91 Å². The lowest BCUT2D eigenvalue weighted by atomic mass is 10.1. The van der Waals surface area contributed by atoms with Crippen molar-refractivity contribution in [2.45, 2.75) is 26.3 Å². The number of thioether (sulfide) groups is 2. The summed E-state index contributed by atoms with van der Waals surface area (Å²) in [5.41, 5.74) is -0.669. The fraction of sp³-hybridized carbons (Fsp3) is 0.778. The van der Waals surface area contributed by atoms with Gasteiger partial charge in [0.15, 0.2) is 0 Å². The molecule has 0 aliphatic carbocycles. The molecule has 1 N–H and O–H groups in total. The van der Waals surface area contributed by atoms with E-state index in [4.69, 9.17) is 0 Å². The second kappa shape index (κ2) is 6.35. The molecule has 14 heavy (non-hydrogen) atoms. The van der Waals surface area contributed by atoms with Crippen molar-refractivity contribution in [2.24, 2.45) is 4.99 Å². The Balaban J connectivity index is 4.59. The lowest BCUT2D eigenvalue weighted by molar-refractivity contribution is -0.124. The van der Waals surface area contributed by atoms with Gasteiger partial charge in [-0.2, -0.15) is 0 Å². The Bertz CT molecular complexity index is 221. The highest BCUT2D eigenvalue weighted by Gasteiger charge is 2.26. The summed E-state index contributed by atoms with van der Waals surface area (Å²) < 4.78 is 0.932. The first-order valence-electron chi connectivity index (χ1n) is 4.44. The lowest BCUT2D eigenvalue weighted by Gasteiger charge is -2.19. The zero-order chi connectivity index (χ0) is 11.2. The van der Waals surface area contributed by atoms with Crippen molar-refractivity contribution in [1.29, 1.82) is 0 Å². The van der Waals surface area contributed by atoms with Gasteiger partial charge in [-0.05, 0) is 33.3 Å². The molecule has 0 fully saturated rings. The van der Waals surface area contributed by atoms with Crippen LogP contribution in [0.3, 0.4) is 0 Å². The van der Waals surface area contributed by atoms with E-state index in [9.17, 15) is 4.79 Å². The lowest BCUT2D eigenvalue weighted by Crippen LogP contribution is -2.41. The largest absolute Gasteiger partial charge is 0.354 e. The summed E-state index contributed by atoms with van der Waals surface area (Å²) >= 11 is 3.13. The molecule has 0 aromatic carbocycles. The molecule has 0 rings (SSSR count). The van der Waals surface area contributed by atoms with E-state index in [2.05, 4.69) is 10.3 Å². The topological polar surface area (TPSA) is 41.5 Å². The molecule has 0 aliphatic heterocycles. The van der Waals surface area contributed by atoms with Gasteiger partial charge in [-0.3, -0.25) is 9.79 Å². The Hall–Kier alpha value is -0.160. The van der Waals surface area contributed by atoms with Crippen molar-refractivity contribution in [1.82, 2.24) is 5.32 Å². The van der Waals surface area contributed by atoms with E-state index < -0.39 is 5.54 Å². The second-order valence-corrected chi connectivity index (χ2v) is 5.05. The summed E-state index contributed by atoms with van der Waals surface area (Å²) in [5.74, 6) is -0.0272. The van der Waals surface area contributed by atoms with Crippen LogP contribution in [0.25, 0.3) is 0 Å². The number of hydrogen-bond donors (Lipinski definition) is 1. The van der Waals surface area contributed by atoms with Gasteiger partial charge in [0.05, 0.1) is 0 Å². The number of hydrogen-bond acceptors (Lipinski definition) is 4. The Morgan fingerprint density at radius 2 is 1.86 bits per heavy atom. The zero-order valence-corrected chi connectivity index (χ0v) is 11.0. The standard InChI is InChI=1S/C9H18N2OS2/c1-6-10-7(12)9(2,3)11-8(13-4)14-5/h6H2,1-5H3,(H,10,12). The van der Waals surface area contributed by atoms with Gasteiger partial charge in [-0.15, -0.1) is 23.5 Å². The number of amides is 1. The zero-order valence-electron chi connectivity index (χ0n) is 9.38. The van der Waals surface area contributed by atoms with Gasteiger partial charge in [0.1, 0.15) is 9.91 Å². The Morgan fingerprint density at radius 1 is 1.36 bits per heavy atom. The third-order valence-electron chi connectivity index (χ3n) is 1.61. The van der Waals surface area contributed by atoms with Gasteiger partial charge in [0.25, 0.3) is 0 Å². The number of aliphatic imine (C=N–C) groups is 1. The molecule has 0 saturated heterocycles. The van der Waals surface area contributed by atoms with Crippen LogP contribution in [0.2, 0.25) is 0 Å². The third kappa shape index (κ3) is 4.37. The van der Waals surface area contributed by atoms with Crippen LogP contribution in [0.1, 0.15) is 20.8 Å². The molecule has 0 aliphatic rings. The molecular formula is C9H18N2OS2. The molecule has 0 unspecified atom stereocenters. The fourth-order valence-corrected chi connectivity index (χ4v) is 2.14. The molecular weight excluding hydrogens is 216 g/mol. The molecule has 1 amide bonds. The monoisotopic (exact) mass is 234 g/mol. The van der Waals surface area contributed by atoms with Crippen LogP contribution in [-0.2, 0) is 4.79 Å². The molecule has 0 bridgehead atoms. The predicted molar refractivity (Wildman–Crippen MR) is 67.2 cm³/mol. The van der Waals surface area contributed by atoms with Crippen LogP contribution < -0.4 is 5.32 Å². The van der Waals surface area contributed by atoms with Crippen LogP contribution in [0, 0.1) is 0 Å². The summed E-state index contributed by atoms with van der Waals surface area (Å²) in [6.07, 6.45) is 3.92. The normalized spacial score (nSPS) is 10.9. The highest BCUT2D eigenvalue weighted by Crippen LogP contribution is 2.18. The first kappa shape index (κ1) is 13.8. The molecule has 5 heteroatoms. The van der Waals surface area contributed by atoms with Gasteiger partial charge >= 0.3 is 0 Å². The van der Waals surface area contributed by atoms with Crippen molar-refractivity contribution >= 4 is 33.8 Å². The minimum absolute atomic E-state index is 0.0272. The average Bonchev–Trinajstić information content (AvgIpc) is 2.14. The molecule has 0 aromatic rings. The number of carbonyl (C=O) groups is 1. The Labute approximate surface area is 94.5 Å². The minimum Gasteiger partial charge on any atom is -0.354 e. The maximum atomic E-state index is 11.6. The van der Waals surface area contributed by atoms with Crippen molar-refractivity contribution in [2.75, 3.05) is 19.1 Å². The summed E-state index contributed by atoms with van der Waals surface area (Å²) in [6, 6.07) is 0. The molecule has 0 heterocycles. The Kier molecular flexibility index (Phi) is 6.27. The van der Waals surface area contributed by atoms with E-state index in [0.29, 0.717) is 6.54 Å². The fourth-order valence-electron chi connectivity index (χ4n) is 0.830. The van der Waals surface area contributed by atoms with Gasteiger partial charge in [0, 0.05) is 6.54 Å². The first-order valence-corrected chi connectivity index (χ1v) is 6.89. The third-order valence-corrected chi connectivity index (χ3v) is 3.49. The summed E-state index contributed by atoms with van der Waals surface area (Å²) in [5, 5.41) is 2.77. The maximum absolute atomic E-state index is 11.6. The van der Waals surface area contributed by atoms with Crippen LogP contribution in [-0.4, -0.2) is 34.9 Å². The molecule has 3 nitrogen and oxygen atoms in total. The molecule has 0 aromatic heterocycles. The highest BCUT2D eigenvalue weighted by atomic mass is 32.2. The number of carbonyl (C=O) groups excluding carboxylic acids is 1. The minimum atomic E-state index is -0.669. The number of nitrogens with zero attached hydrogens (tertiary/aromatic N) is 1. The second-order valence-electron chi connectivity index (χ2n) is 3.20. The van der Waals surface area contributed by atoms with E-state index >= 15 is 0 Å². The van der Waals surface area contributed by atoms with Crippen LogP contribution in [0.15, 0.2) is 4.99 Å². The molecule has 0 spiro atoms. The van der Waals surface area contributed by atoms with Crippen molar-refractivity contribution in [3.63, 3.8) is 0 Å². The van der Waals surface area contributed by atoms with Gasteiger partial charge in [-0.1, -0.05) is 0 Å². The quantitative estimate of drug-likeness (QED) is 0.600. The van der Waals surface area contributed by atoms with E-state index in [-0.39, 0.29) is 5.91 Å². The van der Waals surface area contributed by atoms with Crippen molar-refractivity contribution in [3.8, 4) is 0 Å². The van der Waals surface area contributed by atoms with E-state index in [1.54, 1.807) is 23.5 Å². The Morgan fingerprint density at radius 3 is 2.21 bits per heavy atom. The summed E-state index contributed by atoms with van der Waals surface area (Å²) in [4.78, 5) is 16.0. The van der Waals surface area contributed by atoms with Gasteiger partial charge in [-0.25, -0.2) is 0 Å². The van der Waals surface area contributed by atoms with Crippen molar-refractivity contribution in [3.05, 3.63) is 0 Å². The maximum Gasteiger partial charge on any atom is 0.247 e. The summed E-state index contributed by atoms with van der Waals surface area (Å²) in [7, 11) is 0. The SMILES string of the molecule is CCNC(=O)C(C)(C)N=C(SC)SC. The molecule has 0 atom stereocenters. The average molecular weight is 234 g/mol. The smallest absolute Gasteiger partial charge is 0.247 e. The van der Waals surface area contributed by atoms with E-state index in [1.807, 2.05) is 33.3 Å². The molecule has 0 radical (unpaired) electrons. The number of nitrogens with one attached hydrogen (secondary N) is 1. The first-order chi connectivity index (χ1) is 6.47.